The maximum Gasteiger partial charge on any atom is 0.435 e. The third kappa shape index (κ3) is 5.80. The number of hydrogen-bond acceptors (Lipinski definition) is 4. The Labute approximate surface area is 215 Å². The third-order valence-corrected chi connectivity index (χ3v) is 5.92. The van der Waals surface area contributed by atoms with Crippen LogP contribution in [0.4, 0.5) is 24.7 Å². The monoisotopic (exact) mass is 527 g/mol. The first-order valence-corrected chi connectivity index (χ1v) is 11.4. The Bertz CT molecular complexity index is 1420. The van der Waals surface area contributed by atoms with Crippen LogP contribution in [0.5, 0.6) is 0 Å². The first-order valence-electron chi connectivity index (χ1n) is 11.1. The van der Waals surface area contributed by atoms with Gasteiger partial charge in [-0.3, -0.25) is 19.5 Å². The smallest absolute Gasteiger partial charge is 0.322 e. The van der Waals surface area contributed by atoms with E-state index in [1.165, 1.54) is 13.1 Å². The van der Waals surface area contributed by atoms with Crippen molar-refractivity contribution in [2.75, 3.05) is 17.3 Å². The van der Waals surface area contributed by atoms with Gasteiger partial charge in [-0.05, 0) is 55.0 Å². The predicted molar refractivity (Wildman–Crippen MR) is 134 cm³/mol. The molecule has 0 aliphatic carbocycles. The number of halogens is 4. The summed E-state index contributed by atoms with van der Waals surface area (Å²) in [6, 6.07) is 16.7. The van der Waals surface area contributed by atoms with Gasteiger partial charge in [-0.25, -0.2) is 4.68 Å². The van der Waals surface area contributed by atoms with E-state index in [9.17, 15) is 22.8 Å². The van der Waals surface area contributed by atoms with Gasteiger partial charge in [0.1, 0.15) is 5.82 Å². The van der Waals surface area contributed by atoms with E-state index in [1.807, 2.05) is 0 Å². The highest BCUT2D eigenvalue weighted by Gasteiger charge is 2.36. The number of anilines is 2. The summed E-state index contributed by atoms with van der Waals surface area (Å²) in [4.78, 5) is 30.8. The van der Waals surface area contributed by atoms with Gasteiger partial charge < -0.3 is 5.32 Å². The molecule has 0 spiro atoms. The highest BCUT2D eigenvalue weighted by atomic mass is 35.5. The second-order valence-electron chi connectivity index (χ2n) is 8.21. The maximum atomic E-state index is 13.5. The Hall–Kier alpha value is -4.18. The summed E-state index contributed by atoms with van der Waals surface area (Å²) in [6.07, 6.45) is -1.60. The van der Waals surface area contributed by atoms with Crippen molar-refractivity contribution in [1.29, 1.82) is 0 Å². The summed E-state index contributed by atoms with van der Waals surface area (Å²) >= 11 is 6.02. The Balaban J connectivity index is 1.57. The summed E-state index contributed by atoms with van der Waals surface area (Å²) in [5.74, 6) is -1.59. The Morgan fingerprint density at radius 3 is 2.32 bits per heavy atom. The summed E-state index contributed by atoms with van der Waals surface area (Å²) in [5.41, 5.74) is 0.683. The van der Waals surface area contributed by atoms with Crippen molar-refractivity contribution in [3.05, 3.63) is 101 Å². The fraction of sp³-hybridized carbons (Fsp3) is 0.154. The van der Waals surface area contributed by atoms with Crippen LogP contribution in [0.3, 0.4) is 0 Å². The number of amides is 2. The van der Waals surface area contributed by atoms with Crippen molar-refractivity contribution >= 4 is 34.9 Å². The molecule has 0 radical (unpaired) electrons. The summed E-state index contributed by atoms with van der Waals surface area (Å²) in [5, 5.41) is 6.74. The van der Waals surface area contributed by atoms with Gasteiger partial charge in [0.15, 0.2) is 5.69 Å². The number of hydrogen-bond donors (Lipinski definition) is 1. The average Bonchev–Trinajstić information content (AvgIpc) is 3.34. The van der Waals surface area contributed by atoms with Gasteiger partial charge in [0.2, 0.25) is 5.91 Å². The minimum absolute atomic E-state index is 0.0696. The van der Waals surface area contributed by atoms with Gasteiger partial charge in [-0.2, -0.15) is 18.3 Å². The topological polar surface area (TPSA) is 80.1 Å². The molecule has 0 aliphatic heterocycles. The molecular formula is C26H21ClF3N5O2. The first-order chi connectivity index (χ1) is 17.5. The summed E-state index contributed by atoms with van der Waals surface area (Å²) in [6.45, 7) is 1.63. The number of alkyl halides is 3. The number of pyridine rings is 1. The van der Waals surface area contributed by atoms with Crippen LogP contribution < -0.4 is 10.2 Å². The molecule has 11 heteroatoms. The molecule has 2 aromatic carbocycles. The zero-order chi connectivity index (χ0) is 26.7. The van der Waals surface area contributed by atoms with Crippen molar-refractivity contribution in [2.24, 2.45) is 0 Å². The van der Waals surface area contributed by atoms with Gasteiger partial charge in [0.05, 0.1) is 11.6 Å². The Kier molecular flexibility index (Phi) is 7.30. The number of nitrogens with zero attached hydrogens (tertiary/aromatic N) is 4. The molecule has 4 aromatic rings. The van der Waals surface area contributed by atoms with Gasteiger partial charge in [0, 0.05) is 41.8 Å². The zero-order valence-electron chi connectivity index (χ0n) is 19.7. The molecule has 190 valence electrons. The molecule has 37 heavy (non-hydrogen) atoms. The molecule has 2 heterocycles. The molecule has 7 nitrogen and oxygen atoms in total. The average molecular weight is 528 g/mol. The van der Waals surface area contributed by atoms with Gasteiger partial charge in [0.25, 0.3) is 5.91 Å². The van der Waals surface area contributed by atoms with E-state index in [-0.39, 0.29) is 17.4 Å². The van der Waals surface area contributed by atoms with E-state index in [2.05, 4.69) is 15.4 Å². The Morgan fingerprint density at radius 2 is 1.70 bits per heavy atom. The van der Waals surface area contributed by atoms with Crippen molar-refractivity contribution in [3.63, 3.8) is 0 Å². The standard InChI is InChI=1S/C26H21ClF3N5O2/c1-16(17-6-8-18(9-7-17)24(36)32-20-10-12-31-13-11-20)25(37)34(2)23-15-22(26(28,29)30)33-35(23)21-5-3-4-19(27)14-21/h3-16H,1-2H3,(H,31,32,36). The molecule has 1 unspecified atom stereocenters. The second kappa shape index (κ2) is 10.4. The van der Waals surface area contributed by atoms with Crippen LogP contribution in [0.2, 0.25) is 5.02 Å². The lowest BCUT2D eigenvalue weighted by Crippen LogP contribution is -2.32. The largest absolute Gasteiger partial charge is 0.435 e. The lowest BCUT2D eigenvalue weighted by Gasteiger charge is -2.22. The lowest BCUT2D eigenvalue weighted by molar-refractivity contribution is -0.141. The minimum Gasteiger partial charge on any atom is -0.322 e. The van der Waals surface area contributed by atoms with Crippen LogP contribution >= 0.6 is 11.6 Å². The SMILES string of the molecule is CC(C(=O)N(C)c1cc(C(F)(F)F)nn1-c1cccc(Cl)c1)c1ccc(C(=O)Nc2ccncc2)cc1. The van der Waals surface area contributed by atoms with Crippen molar-refractivity contribution < 1.29 is 22.8 Å². The molecule has 0 saturated carbocycles. The predicted octanol–water partition coefficient (Wildman–Crippen LogP) is 5.96. The van der Waals surface area contributed by atoms with E-state index < -0.39 is 23.7 Å². The number of benzene rings is 2. The quantitative estimate of drug-likeness (QED) is 0.335. The van der Waals surface area contributed by atoms with Crippen LogP contribution in [0, 0.1) is 0 Å². The molecule has 2 amide bonds. The fourth-order valence-corrected chi connectivity index (χ4v) is 3.84. The van der Waals surface area contributed by atoms with Crippen LogP contribution in [0.25, 0.3) is 5.69 Å². The third-order valence-electron chi connectivity index (χ3n) is 5.69. The number of aromatic nitrogens is 3. The van der Waals surface area contributed by atoms with Crippen molar-refractivity contribution in [1.82, 2.24) is 14.8 Å². The van der Waals surface area contributed by atoms with Crippen molar-refractivity contribution in [2.45, 2.75) is 19.0 Å². The van der Waals surface area contributed by atoms with Crippen LogP contribution in [0.1, 0.15) is 34.5 Å². The van der Waals surface area contributed by atoms with Gasteiger partial charge >= 0.3 is 6.18 Å². The van der Waals surface area contributed by atoms with E-state index in [0.29, 0.717) is 21.8 Å². The number of carbonyl (C=O) groups excluding carboxylic acids is 2. The van der Waals surface area contributed by atoms with Gasteiger partial charge in [-0.15, -0.1) is 0 Å². The summed E-state index contributed by atoms with van der Waals surface area (Å²) < 4.78 is 41.4. The number of nitrogens with one attached hydrogen (secondary N) is 1. The lowest BCUT2D eigenvalue weighted by atomic mass is 9.98. The first kappa shape index (κ1) is 25.9. The van der Waals surface area contributed by atoms with E-state index >= 15 is 0 Å². The second-order valence-corrected chi connectivity index (χ2v) is 8.64. The molecule has 0 fully saturated rings. The fourth-order valence-electron chi connectivity index (χ4n) is 3.65. The molecule has 0 bridgehead atoms. The molecular weight excluding hydrogens is 507 g/mol. The molecule has 2 aromatic heterocycles. The Morgan fingerprint density at radius 1 is 1.03 bits per heavy atom. The molecule has 0 aliphatic rings. The van der Waals surface area contributed by atoms with Crippen LogP contribution in [0.15, 0.2) is 79.1 Å². The number of likely N-dealkylation sites (N-methyl/N-ethyl adjacent to an activating group) is 1. The number of carbonyl (C=O) groups is 2. The van der Waals surface area contributed by atoms with Crippen LogP contribution in [-0.4, -0.2) is 33.6 Å². The normalized spacial score (nSPS) is 12.2. The zero-order valence-corrected chi connectivity index (χ0v) is 20.5. The molecule has 4 rings (SSSR count). The van der Waals surface area contributed by atoms with Crippen molar-refractivity contribution in [3.8, 4) is 5.69 Å². The summed E-state index contributed by atoms with van der Waals surface area (Å²) in [7, 11) is 1.38. The van der Waals surface area contributed by atoms with Crippen LogP contribution in [-0.2, 0) is 11.0 Å². The van der Waals surface area contributed by atoms with E-state index in [0.717, 1.165) is 15.6 Å². The maximum absolute atomic E-state index is 13.5. The highest BCUT2D eigenvalue weighted by Crippen LogP contribution is 2.33. The molecule has 1 atom stereocenters. The molecule has 1 N–H and O–H groups in total. The highest BCUT2D eigenvalue weighted by molar-refractivity contribution is 6.30. The van der Waals surface area contributed by atoms with E-state index in [4.69, 9.17) is 11.6 Å². The molecule has 0 saturated heterocycles. The van der Waals surface area contributed by atoms with E-state index in [1.54, 1.807) is 73.9 Å². The van der Waals surface area contributed by atoms with Gasteiger partial charge in [-0.1, -0.05) is 29.8 Å². The number of rotatable bonds is 6. The minimum atomic E-state index is -4.71.